The standard InChI is InChI=1S/C12H14N2O/c1-2-10-14(12(15)8-9-13)11-6-4-3-5-7-11/h3-7H,2,8,10H2,1H3. The topological polar surface area (TPSA) is 44.1 Å². The Balaban J connectivity index is 2.84. The zero-order valence-corrected chi connectivity index (χ0v) is 8.81. The van der Waals surface area contributed by atoms with Crippen molar-refractivity contribution in [1.82, 2.24) is 0 Å². The molecule has 0 unspecified atom stereocenters. The second-order valence-electron chi connectivity index (χ2n) is 3.22. The molecular weight excluding hydrogens is 188 g/mol. The van der Waals surface area contributed by atoms with Crippen molar-refractivity contribution in [2.45, 2.75) is 19.8 Å². The zero-order chi connectivity index (χ0) is 11.1. The summed E-state index contributed by atoms with van der Waals surface area (Å²) in [5.74, 6) is -0.134. The van der Waals surface area contributed by atoms with Gasteiger partial charge in [-0.25, -0.2) is 0 Å². The van der Waals surface area contributed by atoms with E-state index in [9.17, 15) is 4.79 Å². The first-order valence-electron chi connectivity index (χ1n) is 5.02. The summed E-state index contributed by atoms with van der Waals surface area (Å²) in [6.07, 6.45) is 0.820. The minimum atomic E-state index is -0.134. The first-order chi connectivity index (χ1) is 7.29. The number of hydrogen-bond acceptors (Lipinski definition) is 2. The fourth-order valence-electron chi connectivity index (χ4n) is 1.39. The smallest absolute Gasteiger partial charge is 0.241 e. The molecule has 1 aromatic carbocycles. The third kappa shape index (κ3) is 3.10. The number of nitriles is 1. The van der Waals surface area contributed by atoms with E-state index in [0.717, 1.165) is 12.1 Å². The molecule has 0 heterocycles. The van der Waals surface area contributed by atoms with Crippen molar-refractivity contribution < 1.29 is 4.79 Å². The van der Waals surface area contributed by atoms with E-state index in [0.29, 0.717) is 6.54 Å². The van der Waals surface area contributed by atoms with Gasteiger partial charge >= 0.3 is 0 Å². The molecule has 0 atom stereocenters. The fraction of sp³-hybridized carbons (Fsp3) is 0.333. The maximum atomic E-state index is 11.6. The zero-order valence-electron chi connectivity index (χ0n) is 8.81. The normalized spacial score (nSPS) is 9.33. The summed E-state index contributed by atoms with van der Waals surface area (Å²) < 4.78 is 0. The molecule has 0 saturated heterocycles. The maximum Gasteiger partial charge on any atom is 0.241 e. The number of nitrogens with zero attached hydrogens (tertiary/aromatic N) is 2. The van der Waals surface area contributed by atoms with Gasteiger partial charge in [-0.3, -0.25) is 4.79 Å². The molecule has 3 heteroatoms. The number of hydrogen-bond donors (Lipinski definition) is 0. The molecule has 0 bridgehead atoms. The van der Waals surface area contributed by atoms with E-state index in [1.54, 1.807) is 4.90 Å². The number of benzene rings is 1. The van der Waals surface area contributed by atoms with Gasteiger partial charge in [0.1, 0.15) is 6.42 Å². The first kappa shape index (κ1) is 11.3. The molecule has 78 valence electrons. The number of para-hydroxylation sites is 1. The van der Waals surface area contributed by atoms with E-state index in [2.05, 4.69) is 0 Å². The predicted octanol–water partition coefficient (Wildman–Crippen LogP) is 2.34. The molecule has 0 aliphatic carbocycles. The van der Waals surface area contributed by atoms with E-state index in [1.807, 2.05) is 43.3 Å². The number of carbonyl (C=O) groups is 1. The lowest BCUT2D eigenvalue weighted by Gasteiger charge is -2.20. The lowest BCUT2D eigenvalue weighted by atomic mass is 10.2. The SMILES string of the molecule is CCCN(C(=O)CC#N)c1ccccc1. The molecule has 0 aromatic heterocycles. The number of anilines is 1. The van der Waals surface area contributed by atoms with E-state index in [1.165, 1.54) is 0 Å². The molecule has 0 spiro atoms. The highest BCUT2D eigenvalue weighted by Gasteiger charge is 2.13. The second kappa shape index (κ2) is 5.82. The molecule has 15 heavy (non-hydrogen) atoms. The lowest BCUT2D eigenvalue weighted by molar-refractivity contribution is -0.117. The van der Waals surface area contributed by atoms with E-state index >= 15 is 0 Å². The summed E-state index contributed by atoms with van der Waals surface area (Å²) in [6.45, 7) is 2.67. The number of amides is 1. The van der Waals surface area contributed by atoms with Crippen LogP contribution in [0.1, 0.15) is 19.8 Å². The fourth-order valence-corrected chi connectivity index (χ4v) is 1.39. The van der Waals surface area contributed by atoms with Crippen molar-refractivity contribution in [1.29, 1.82) is 5.26 Å². The van der Waals surface area contributed by atoms with E-state index < -0.39 is 0 Å². The van der Waals surface area contributed by atoms with Gasteiger partial charge in [0.05, 0.1) is 6.07 Å². The molecule has 0 aliphatic heterocycles. The minimum absolute atomic E-state index is 0.0606. The Labute approximate surface area is 89.9 Å². The Kier molecular flexibility index (Phi) is 4.36. The van der Waals surface area contributed by atoms with Crippen LogP contribution in [0.4, 0.5) is 5.69 Å². The Morgan fingerprint density at radius 2 is 2.07 bits per heavy atom. The van der Waals surface area contributed by atoms with Gasteiger partial charge in [0.2, 0.25) is 5.91 Å². The molecular formula is C12H14N2O. The monoisotopic (exact) mass is 202 g/mol. The van der Waals surface area contributed by atoms with Crippen LogP contribution in [0.3, 0.4) is 0 Å². The summed E-state index contributed by atoms with van der Waals surface area (Å²) in [4.78, 5) is 13.3. The van der Waals surface area contributed by atoms with Crippen molar-refractivity contribution in [3.05, 3.63) is 30.3 Å². The average Bonchev–Trinajstić information content (AvgIpc) is 2.27. The molecule has 0 radical (unpaired) electrons. The minimum Gasteiger partial charge on any atom is -0.312 e. The van der Waals surface area contributed by atoms with Gasteiger partial charge in [-0.1, -0.05) is 25.1 Å². The first-order valence-corrected chi connectivity index (χ1v) is 5.02. The van der Waals surface area contributed by atoms with Crippen LogP contribution in [0.2, 0.25) is 0 Å². The molecule has 0 N–H and O–H groups in total. The largest absolute Gasteiger partial charge is 0.312 e. The summed E-state index contributed by atoms with van der Waals surface area (Å²) in [5, 5.41) is 8.50. The molecule has 1 rings (SSSR count). The Hall–Kier alpha value is -1.82. The van der Waals surface area contributed by atoms with Gasteiger partial charge in [0.15, 0.2) is 0 Å². The van der Waals surface area contributed by atoms with Crippen molar-refractivity contribution in [2.24, 2.45) is 0 Å². The maximum absolute atomic E-state index is 11.6. The van der Waals surface area contributed by atoms with Crippen LogP contribution in [-0.2, 0) is 4.79 Å². The highest BCUT2D eigenvalue weighted by molar-refractivity contribution is 5.94. The van der Waals surface area contributed by atoms with Crippen LogP contribution in [-0.4, -0.2) is 12.5 Å². The Morgan fingerprint density at radius 1 is 1.40 bits per heavy atom. The van der Waals surface area contributed by atoms with Crippen molar-refractivity contribution >= 4 is 11.6 Å². The lowest BCUT2D eigenvalue weighted by Crippen LogP contribution is -2.31. The van der Waals surface area contributed by atoms with Gasteiger partial charge in [-0.05, 0) is 18.6 Å². The highest BCUT2D eigenvalue weighted by atomic mass is 16.2. The van der Waals surface area contributed by atoms with Crippen molar-refractivity contribution in [3.63, 3.8) is 0 Å². The number of rotatable bonds is 4. The summed E-state index contributed by atoms with van der Waals surface area (Å²) in [6, 6.07) is 11.3. The summed E-state index contributed by atoms with van der Waals surface area (Å²) >= 11 is 0. The van der Waals surface area contributed by atoms with Gasteiger partial charge in [-0.15, -0.1) is 0 Å². The molecule has 1 aromatic rings. The van der Waals surface area contributed by atoms with Crippen molar-refractivity contribution in [2.75, 3.05) is 11.4 Å². The Bertz CT molecular complexity index is 354. The molecule has 1 amide bonds. The van der Waals surface area contributed by atoms with Gasteiger partial charge in [0.25, 0.3) is 0 Å². The third-order valence-electron chi connectivity index (χ3n) is 2.05. The molecule has 3 nitrogen and oxygen atoms in total. The van der Waals surface area contributed by atoms with Crippen LogP contribution in [0.5, 0.6) is 0 Å². The van der Waals surface area contributed by atoms with E-state index in [4.69, 9.17) is 5.26 Å². The van der Waals surface area contributed by atoms with E-state index in [-0.39, 0.29) is 12.3 Å². The van der Waals surface area contributed by atoms with Crippen LogP contribution in [0.25, 0.3) is 0 Å². The van der Waals surface area contributed by atoms with Crippen molar-refractivity contribution in [3.8, 4) is 6.07 Å². The Morgan fingerprint density at radius 3 is 2.60 bits per heavy atom. The second-order valence-corrected chi connectivity index (χ2v) is 3.22. The average molecular weight is 202 g/mol. The third-order valence-corrected chi connectivity index (χ3v) is 2.05. The summed E-state index contributed by atoms with van der Waals surface area (Å²) in [5.41, 5.74) is 0.861. The molecule has 0 fully saturated rings. The number of carbonyl (C=O) groups excluding carboxylic acids is 1. The molecule has 0 aliphatic rings. The van der Waals surface area contributed by atoms with Gasteiger partial charge in [-0.2, -0.15) is 5.26 Å². The quantitative estimate of drug-likeness (QED) is 0.752. The van der Waals surface area contributed by atoms with Gasteiger partial charge in [0, 0.05) is 12.2 Å². The molecule has 0 saturated carbocycles. The van der Waals surface area contributed by atoms with Gasteiger partial charge < -0.3 is 4.90 Å². The summed E-state index contributed by atoms with van der Waals surface area (Å²) in [7, 11) is 0. The van der Waals surface area contributed by atoms with Crippen LogP contribution >= 0.6 is 0 Å². The highest BCUT2D eigenvalue weighted by Crippen LogP contribution is 2.14. The van der Waals surface area contributed by atoms with Crippen LogP contribution in [0, 0.1) is 11.3 Å². The predicted molar refractivity (Wildman–Crippen MR) is 59.3 cm³/mol. The van der Waals surface area contributed by atoms with Crippen LogP contribution in [0.15, 0.2) is 30.3 Å². The van der Waals surface area contributed by atoms with Crippen LogP contribution < -0.4 is 4.90 Å².